The molecular weight excluding hydrogens is 472 g/mol. The average molecular weight is 495 g/mol. The zero-order chi connectivity index (χ0) is 22.8. The number of halogens is 1. The van der Waals surface area contributed by atoms with Gasteiger partial charge in [0.1, 0.15) is 11.5 Å². The van der Waals surface area contributed by atoms with Crippen LogP contribution in [0.2, 0.25) is 0 Å². The lowest BCUT2D eigenvalue weighted by atomic mass is 10.0. The molecule has 0 amide bonds. The molecule has 0 heterocycles. The van der Waals surface area contributed by atoms with Crippen LogP contribution in [0.15, 0.2) is 108 Å². The predicted molar refractivity (Wildman–Crippen MR) is 144 cm³/mol. The Morgan fingerprint density at radius 1 is 0.485 bits per heavy atom. The van der Waals surface area contributed by atoms with Gasteiger partial charge < -0.3 is 9.47 Å². The van der Waals surface area contributed by atoms with E-state index in [1.165, 1.54) is 43.1 Å². The Hall–Kier alpha value is -3.56. The van der Waals surface area contributed by atoms with Gasteiger partial charge in [-0.05, 0) is 83.3 Å². The standard InChI is InChI=1S/C15H11BrO.C15H12O/c1-17-15-9-13-11(8-14(15)16)7-6-10-4-2-3-5-12(10)13;1-16-13-9-8-12-7-6-11-4-2-3-5-14(11)15(12)10-13/h2-9H,1H3;2-10H,1H3. The molecule has 0 fully saturated rings. The molecule has 0 atom stereocenters. The normalized spacial score (nSPS) is 10.9. The van der Waals surface area contributed by atoms with Gasteiger partial charge in [0.2, 0.25) is 0 Å². The molecule has 6 rings (SSSR count). The van der Waals surface area contributed by atoms with E-state index in [-0.39, 0.29) is 0 Å². The van der Waals surface area contributed by atoms with Gasteiger partial charge in [0, 0.05) is 0 Å². The average Bonchev–Trinajstić information content (AvgIpc) is 2.88. The van der Waals surface area contributed by atoms with Crippen LogP contribution in [-0.2, 0) is 0 Å². The largest absolute Gasteiger partial charge is 0.497 e. The summed E-state index contributed by atoms with van der Waals surface area (Å²) in [6.45, 7) is 0. The second-order valence-corrected chi connectivity index (χ2v) is 8.72. The van der Waals surface area contributed by atoms with Crippen LogP contribution < -0.4 is 9.47 Å². The van der Waals surface area contributed by atoms with E-state index in [9.17, 15) is 0 Å². The van der Waals surface area contributed by atoms with Gasteiger partial charge in [0.25, 0.3) is 0 Å². The highest BCUT2D eigenvalue weighted by molar-refractivity contribution is 9.10. The van der Waals surface area contributed by atoms with E-state index in [4.69, 9.17) is 9.47 Å². The van der Waals surface area contributed by atoms with Gasteiger partial charge in [-0.1, -0.05) is 78.9 Å². The smallest absolute Gasteiger partial charge is 0.133 e. The summed E-state index contributed by atoms with van der Waals surface area (Å²) in [5.41, 5.74) is 0. The lowest BCUT2D eigenvalue weighted by molar-refractivity contribution is 0.413. The van der Waals surface area contributed by atoms with Crippen LogP contribution in [0.5, 0.6) is 11.5 Å². The first-order valence-corrected chi connectivity index (χ1v) is 11.6. The highest BCUT2D eigenvalue weighted by Gasteiger charge is 2.05. The molecule has 0 aliphatic carbocycles. The molecule has 0 aliphatic heterocycles. The minimum absolute atomic E-state index is 0.869. The van der Waals surface area contributed by atoms with Gasteiger partial charge in [-0.3, -0.25) is 0 Å². The highest BCUT2D eigenvalue weighted by atomic mass is 79.9. The van der Waals surface area contributed by atoms with Crippen molar-refractivity contribution in [2.45, 2.75) is 0 Å². The van der Waals surface area contributed by atoms with Crippen molar-refractivity contribution < 1.29 is 9.47 Å². The molecule has 0 aromatic heterocycles. The number of fused-ring (bicyclic) bond motifs is 6. The maximum Gasteiger partial charge on any atom is 0.133 e. The van der Waals surface area contributed by atoms with Crippen LogP contribution in [0.1, 0.15) is 0 Å². The third kappa shape index (κ3) is 4.12. The van der Waals surface area contributed by atoms with Crippen LogP contribution in [0, 0.1) is 0 Å². The molecule has 162 valence electrons. The van der Waals surface area contributed by atoms with Crippen molar-refractivity contribution in [3.63, 3.8) is 0 Å². The molecule has 3 heteroatoms. The van der Waals surface area contributed by atoms with E-state index in [2.05, 4.69) is 113 Å². The number of methoxy groups -OCH3 is 2. The maximum atomic E-state index is 5.36. The Morgan fingerprint density at radius 2 is 1.00 bits per heavy atom. The quantitative estimate of drug-likeness (QED) is 0.224. The summed E-state index contributed by atoms with van der Waals surface area (Å²) in [6.07, 6.45) is 0. The van der Waals surface area contributed by atoms with E-state index >= 15 is 0 Å². The second kappa shape index (κ2) is 9.13. The molecular formula is C30H23BrO2. The Bertz CT molecular complexity index is 1600. The summed E-state index contributed by atoms with van der Waals surface area (Å²) in [7, 11) is 3.39. The molecule has 0 radical (unpaired) electrons. The minimum atomic E-state index is 0.869. The van der Waals surface area contributed by atoms with Crippen LogP contribution in [0.25, 0.3) is 43.1 Å². The molecule has 0 saturated heterocycles. The van der Waals surface area contributed by atoms with Crippen LogP contribution in [0.3, 0.4) is 0 Å². The van der Waals surface area contributed by atoms with Crippen molar-refractivity contribution in [3.05, 3.63) is 108 Å². The van der Waals surface area contributed by atoms with Crippen LogP contribution >= 0.6 is 15.9 Å². The zero-order valence-electron chi connectivity index (χ0n) is 18.5. The van der Waals surface area contributed by atoms with Crippen molar-refractivity contribution in [2.24, 2.45) is 0 Å². The molecule has 33 heavy (non-hydrogen) atoms. The SMILES string of the molecule is COc1cc2c(ccc3ccccc32)cc1Br.COc1ccc2ccc3ccccc3c2c1. The summed E-state index contributed by atoms with van der Waals surface area (Å²) in [4.78, 5) is 0. The molecule has 0 unspecified atom stereocenters. The number of hydrogen-bond donors (Lipinski definition) is 0. The van der Waals surface area contributed by atoms with Crippen LogP contribution in [-0.4, -0.2) is 14.2 Å². The molecule has 0 aliphatic rings. The summed E-state index contributed by atoms with van der Waals surface area (Å²) >= 11 is 3.52. The molecule has 0 spiro atoms. The Labute approximate surface area is 201 Å². The van der Waals surface area contributed by atoms with Gasteiger partial charge in [0.15, 0.2) is 0 Å². The molecule has 0 bridgehead atoms. The van der Waals surface area contributed by atoms with Crippen LogP contribution in [0.4, 0.5) is 0 Å². The van der Waals surface area contributed by atoms with Gasteiger partial charge >= 0.3 is 0 Å². The van der Waals surface area contributed by atoms with Gasteiger partial charge in [-0.2, -0.15) is 0 Å². The van der Waals surface area contributed by atoms with E-state index < -0.39 is 0 Å². The highest BCUT2D eigenvalue weighted by Crippen LogP contribution is 2.34. The summed E-state index contributed by atoms with van der Waals surface area (Å²) in [5, 5.41) is 10.00. The predicted octanol–water partition coefficient (Wildman–Crippen LogP) is 8.77. The Kier molecular flexibility index (Phi) is 5.89. The number of rotatable bonds is 2. The first kappa shape index (κ1) is 21.3. The first-order valence-electron chi connectivity index (χ1n) is 10.8. The topological polar surface area (TPSA) is 18.5 Å². The Balaban J connectivity index is 0.000000139. The minimum Gasteiger partial charge on any atom is -0.497 e. The van der Waals surface area contributed by atoms with E-state index in [1.807, 2.05) is 6.07 Å². The number of hydrogen-bond acceptors (Lipinski definition) is 2. The summed E-state index contributed by atoms with van der Waals surface area (Å²) in [5.74, 6) is 1.78. The molecule has 2 nitrogen and oxygen atoms in total. The maximum absolute atomic E-state index is 5.36. The van der Waals surface area contributed by atoms with Gasteiger partial charge in [-0.15, -0.1) is 0 Å². The van der Waals surface area contributed by atoms with Crippen molar-refractivity contribution in [1.82, 2.24) is 0 Å². The molecule has 6 aromatic carbocycles. The fourth-order valence-electron chi connectivity index (χ4n) is 4.27. The Morgan fingerprint density at radius 3 is 1.61 bits per heavy atom. The summed E-state index contributed by atoms with van der Waals surface area (Å²) in [6, 6.07) is 35.8. The third-order valence-corrected chi connectivity index (χ3v) is 6.59. The summed E-state index contributed by atoms with van der Waals surface area (Å²) < 4.78 is 11.6. The number of ether oxygens (including phenoxy) is 2. The molecule has 6 aromatic rings. The second-order valence-electron chi connectivity index (χ2n) is 7.87. The fourth-order valence-corrected chi connectivity index (χ4v) is 4.79. The van der Waals surface area contributed by atoms with E-state index in [0.29, 0.717) is 0 Å². The number of benzene rings is 6. The zero-order valence-corrected chi connectivity index (χ0v) is 20.1. The lowest BCUT2D eigenvalue weighted by Crippen LogP contribution is -1.85. The first-order chi connectivity index (χ1) is 16.2. The van der Waals surface area contributed by atoms with E-state index in [0.717, 1.165) is 16.0 Å². The monoisotopic (exact) mass is 494 g/mol. The molecule has 0 saturated carbocycles. The fraction of sp³-hybridized carbons (Fsp3) is 0.0667. The third-order valence-electron chi connectivity index (χ3n) is 5.97. The van der Waals surface area contributed by atoms with Crippen molar-refractivity contribution in [3.8, 4) is 11.5 Å². The van der Waals surface area contributed by atoms with Crippen molar-refractivity contribution in [2.75, 3.05) is 14.2 Å². The van der Waals surface area contributed by atoms with E-state index in [1.54, 1.807) is 14.2 Å². The lowest BCUT2D eigenvalue weighted by Gasteiger charge is -2.08. The van der Waals surface area contributed by atoms with Gasteiger partial charge in [-0.25, -0.2) is 0 Å². The molecule has 0 N–H and O–H groups in total. The van der Waals surface area contributed by atoms with Crippen molar-refractivity contribution in [1.29, 1.82) is 0 Å². The van der Waals surface area contributed by atoms with Crippen molar-refractivity contribution >= 4 is 59.0 Å². The van der Waals surface area contributed by atoms with Gasteiger partial charge in [0.05, 0.1) is 18.7 Å².